The lowest BCUT2D eigenvalue weighted by Gasteiger charge is -2.08. The minimum atomic E-state index is -3.43. The molecule has 0 bridgehead atoms. The molecule has 0 amide bonds. The fraction of sp³-hybridized carbons (Fsp3) is 0.154. The van der Waals surface area contributed by atoms with Crippen molar-refractivity contribution < 1.29 is 8.42 Å². The molecule has 1 aromatic heterocycles. The van der Waals surface area contributed by atoms with E-state index in [-0.39, 0.29) is 12.3 Å². The van der Waals surface area contributed by atoms with E-state index in [4.69, 9.17) is 5.73 Å². The minimum absolute atomic E-state index is 0.132. The number of aromatic nitrogens is 1. The molecule has 5 nitrogen and oxygen atoms in total. The van der Waals surface area contributed by atoms with Crippen LogP contribution in [0.3, 0.4) is 0 Å². The number of nitrogens with zero attached hydrogens (tertiary/aromatic N) is 1. The highest BCUT2D eigenvalue weighted by Crippen LogP contribution is 2.13. The molecule has 0 fully saturated rings. The molecule has 3 N–H and O–H groups in total. The van der Waals surface area contributed by atoms with Gasteiger partial charge >= 0.3 is 0 Å². The zero-order valence-corrected chi connectivity index (χ0v) is 11.1. The Morgan fingerprint density at radius 3 is 2.53 bits per heavy atom. The number of hydrogen-bond donors (Lipinski definition) is 2. The maximum atomic E-state index is 11.9. The second-order valence-electron chi connectivity index (χ2n) is 4.10. The Labute approximate surface area is 112 Å². The highest BCUT2D eigenvalue weighted by molar-refractivity contribution is 7.88. The topological polar surface area (TPSA) is 85.1 Å². The summed E-state index contributed by atoms with van der Waals surface area (Å²) in [5.74, 6) is -0.132. The van der Waals surface area contributed by atoms with E-state index in [2.05, 4.69) is 9.71 Å². The van der Waals surface area contributed by atoms with Crippen molar-refractivity contribution in [2.24, 2.45) is 0 Å². The molecule has 0 aliphatic carbocycles. The summed E-state index contributed by atoms with van der Waals surface area (Å²) in [6.07, 6.45) is 1.62. The Bertz CT molecular complexity index is 642. The van der Waals surface area contributed by atoms with E-state index in [9.17, 15) is 8.42 Å². The van der Waals surface area contributed by atoms with Gasteiger partial charge in [0.25, 0.3) is 0 Å². The molecule has 1 heterocycles. The molecule has 6 heteroatoms. The summed E-state index contributed by atoms with van der Waals surface area (Å²) >= 11 is 0. The number of nitrogen functional groups attached to an aromatic ring is 1. The Balaban J connectivity index is 2.02. The first-order valence-corrected chi connectivity index (χ1v) is 7.43. The predicted molar refractivity (Wildman–Crippen MR) is 74.6 cm³/mol. The molecule has 0 saturated heterocycles. The third kappa shape index (κ3) is 4.04. The van der Waals surface area contributed by atoms with Crippen LogP contribution < -0.4 is 10.5 Å². The molecule has 0 saturated carbocycles. The van der Waals surface area contributed by atoms with Crippen LogP contribution in [0.25, 0.3) is 0 Å². The molecular weight excluding hydrogens is 262 g/mol. The van der Waals surface area contributed by atoms with Crippen LogP contribution in [0.4, 0.5) is 5.69 Å². The lowest BCUT2D eigenvalue weighted by Crippen LogP contribution is -2.25. The van der Waals surface area contributed by atoms with Crippen LogP contribution in [0.2, 0.25) is 0 Å². The maximum absolute atomic E-state index is 11.9. The summed E-state index contributed by atoms with van der Waals surface area (Å²) in [5, 5.41) is 0. The molecule has 0 radical (unpaired) electrons. The Morgan fingerprint density at radius 1 is 1.11 bits per heavy atom. The van der Waals surface area contributed by atoms with Crippen LogP contribution in [0.5, 0.6) is 0 Å². The molecule has 0 atom stereocenters. The van der Waals surface area contributed by atoms with Crippen LogP contribution in [-0.2, 0) is 22.3 Å². The molecular formula is C13H15N3O2S. The van der Waals surface area contributed by atoms with Gasteiger partial charge in [0.2, 0.25) is 10.0 Å². The van der Waals surface area contributed by atoms with E-state index >= 15 is 0 Å². The van der Waals surface area contributed by atoms with Gasteiger partial charge in [0.15, 0.2) is 0 Å². The van der Waals surface area contributed by atoms with Gasteiger partial charge in [-0.3, -0.25) is 4.98 Å². The lowest BCUT2D eigenvalue weighted by atomic mass is 10.2. The third-order valence-electron chi connectivity index (χ3n) is 2.60. The molecule has 2 aromatic rings. The van der Waals surface area contributed by atoms with Crippen LogP contribution in [-0.4, -0.2) is 13.4 Å². The Morgan fingerprint density at radius 2 is 1.84 bits per heavy atom. The third-order valence-corrected chi connectivity index (χ3v) is 3.88. The van der Waals surface area contributed by atoms with Crippen LogP contribution in [0, 0.1) is 0 Å². The average Bonchev–Trinajstić information content (AvgIpc) is 2.40. The van der Waals surface area contributed by atoms with Crippen LogP contribution >= 0.6 is 0 Å². The van der Waals surface area contributed by atoms with Crippen LogP contribution in [0.15, 0.2) is 48.7 Å². The molecule has 19 heavy (non-hydrogen) atoms. The number of pyridine rings is 1. The smallest absolute Gasteiger partial charge is 0.216 e. The lowest BCUT2D eigenvalue weighted by molar-refractivity contribution is 0.579. The number of nitrogens with two attached hydrogens (primary N) is 1. The molecule has 100 valence electrons. The van der Waals surface area contributed by atoms with Crippen molar-refractivity contribution in [3.05, 3.63) is 59.9 Å². The largest absolute Gasteiger partial charge is 0.398 e. The highest BCUT2D eigenvalue weighted by atomic mass is 32.2. The molecule has 0 unspecified atom stereocenters. The van der Waals surface area contributed by atoms with Crippen molar-refractivity contribution in [1.29, 1.82) is 0 Å². The second-order valence-corrected chi connectivity index (χ2v) is 5.91. The number of anilines is 1. The van der Waals surface area contributed by atoms with Crippen molar-refractivity contribution in [1.82, 2.24) is 9.71 Å². The number of hydrogen-bond acceptors (Lipinski definition) is 4. The minimum Gasteiger partial charge on any atom is -0.398 e. The van der Waals surface area contributed by atoms with Gasteiger partial charge in [0.05, 0.1) is 18.0 Å². The average molecular weight is 277 g/mol. The molecule has 0 aliphatic heterocycles. The zero-order valence-electron chi connectivity index (χ0n) is 10.3. The summed E-state index contributed by atoms with van der Waals surface area (Å²) in [4.78, 5) is 4.05. The number of rotatable bonds is 5. The quantitative estimate of drug-likeness (QED) is 0.806. The van der Waals surface area contributed by atoms with Gasteiger partial charge in [0, 0.05) is 11.9 Å². The summed E-state index contributed by atoms with van der Waals surface area (Å²) < 4.78 is 26.4. The fourth-order valence-electron chi connectivity index (χ4n) is 1.61. The number of nitrogens with one attached hydrogen (secondary N) is 1. The number of benzene rings is 1. The van der Waals surface area contributed by atoms with E-state index in [0.29, 0.717) is 16.9 Å². The standard InChI is InChI=1S/C13H15N3O2S/c14-13-7-2-1-5-11(13)10-19(17,18)16-9-12-6-3-4-8-15-12/h1-8,16H,9-10,14H2. The van der Waals surface area contributed by atoms with Crippen molar-refractivity contribution in [2.75, 3.05) is 5.73 Å². The monoisotopic (exact) mass is 277 g/mol. The Hall–Kier alpha value is -1.92. The predicted octanol–water partition coefficient (Wildman–Crippen LogP) is 1.28. The zero-order chi connectivity index (χ0) is 13.7. The number of para-hydroxylation sites is 1. The van der Waals surface area contributed by atoms with Gasteiger partial charge in [-0.25, -0.2) is 13.1 Å². The first-order valence-electron chi connectivity index (χ1n) is 5.77. The van der Waals surface area contributed by atoms with Crippen molar-refractivity contribution in [3.63, 3.8) is 0 Å². The summed E-state index contributed by atoms with van der Waals surface area (Å²) in [6.45, 7) is 0.176. The van der Waals surface area contributed by atoms with Crippen LogP contribution in [0.1, 0.15) is 11.3 Å². The van der Waals surface area contributed by atoms with E-state index < -0.39 is 10.0 Å². The molecule has 0 aliphatic rings. The first kappa shape index (κ1) is 13.5. The van der Waals surface area contributed by atoms with E-state index in [0.717, 1.165) is 0 Å². The van der Waals surface area contributed by atoms with Crippen molar-refractivity contribution in [3.8, 4) is 0 Å². The molecule has 2 rings (SSSR count). The SMILES string of the molecule is Nc1ccccc1CS(=O)(=O)NCc1ccccn1. The van der Waals surface area contributed by atoms with Gasteiger partial charge in [-0.05, 0) is 23.8 Å². The van der Waals surface area contributed by atoms with Gasteiger partial charge in [-0.2, -0.15) is 0 Å². The van der Waals surface area contributed by atoms with Crippen molar-refractivity contribution in [2.45, 2.75) is 12.3 Å². The highest BCUT2D eigenvalue weighted by Gasteiger charge is 2.13. The number of sulfonamides is 1. The van der Waals surface area contributed by atoms with E-state index in [1.54, 1.807) is 42.6 Å². The van der Waals surface area contributed by atoms with E-state index in [1.165, 1.54) is 0 Å². The summed E-state index contributed by atoms with van der Waals surface area (Å²) in [5.41, 5.74) is 7.47. The molecule has 0 spiro atoms. The van der Waals surface area contributed by atoms with E-state index in [1.807, 2.05) is 6.07 Å². The summed E-state index contributed by atoms with van der Waals surface area (Å²) in [6, 6.07) is 12.3. The maximum Gasteiger partial charge on any atom is 0.216 e. The summed E-state index contributed by atoms with van der Waals surface area (Å²) in [7, 11) is -3.43. The normalized spacial score (nSPS) is 11.4. The first-order chi connectivity index (χ1) is 9.07. The Kier molecular flexibility index (Phi) is 4.13. The van der Waals surface area contributed by atoms with Gasteiger partial charge in [-0.1, -0.05) is 24.3 Å². The van der Waals surface area contributed by atoms with Crippen molar-refractivity contribution >= 4 is 15.7 Å². The van der Waals surface area contributed by atoms with Gasteiger partial charge in [-0.15, -0.1) is 0 Å². The van der Waals surface area contributed by atoms with Gasteiger partial charge < -0.3 is 5.73 Å². The molecule has 1 aromatic carbocycles. The van der Waals surface area contributed by atoms with Gasteiger partial charge in [0.1, 0.15) is 0 Å². The fourth-order valence-corrected chi connectivity index (χ4v) is 2.75. The second kappa shape index (κ2) is 5.81.